The number of guanidine groups is 1. The number of nitrogens with two attached hydrogens (primary N) is 1. The molecule has 1 heterocycles. The fourth-order valence-electron chi connectivity index (χ4n) is 1.74. The Balaban J connectivity index is 1.78. The van der Waals surface area contributed by atoms with Crippen LogP contribution in [0.15, 0.2) is 23.3 Å². The van der Waals surface area contributed by atoms with Gasteiger partial charge in [0, 0.05) is 18.8 Å². The molecule has 1 aliphatic rings. The van der Waals surface area contributed by atoms with E-state index in [0.29, 0.717) is 18.4 Å². The van der Waals surface area contributed by atoms with Crippen LogP contribution in [-0.4, -0.2) is 24.1 Å². The number of aliphatic imine (C=N–C) groups is 1. The van der Waals surface area contributed by atoms with Crippen LogP contribution >= 0.6 is 0 Å². The van der Waals surface area contributed by atoms with Crippen molar-refractivity contribution in [2.45, 2.75) is 39.2 Å². The second-order valence-corrected chi connectivity index (χ2v) is 5.24. The van der Waals surface area contributed by atoms with E-state index < -0.39 is 0 Å². The van der Waals surface area contributed by atoms with E-state index in [-0.39, 0.29) is 0 Å². The van der Waals surface area contributed by atoms with Gasteiger partial charge in [-0.1, -0.05) is 13.3 Å². The third kappa shape index (κ3) is 5.47. The monoisotopic (exact) mass is 276 g/mol. The Morgan fingerprint density at radius 2 is 2.40 bits per heavy atom. The van der Waals surface area contributed by atoms with E-state index >= 15 is 0 Å². The number of ether oxygens (including phenoxy) is 1. The van der Waals surface area contributed by atoms with Crippen molar-refractivity contribution in [3.63, 3.8) is 0 Å². The number of nitrogens with one attached hydrogen (secondary N) is 1. The molecule has 3 N–H and O–H groups in total. The van der Waals surface area contributed by atoms with Crippen molar-refractivity contribution < 1.29 is 4.74 Å². The molecule has 0 bridgehead atoms. The molecule has 0 saturated heterocycles. The standard InChI is InChI=1S/C15H24N4O/c1-2-3-7-18-15(16)19-10-13-6-8-17-14(9-13)20-11-12-4-5-12/h6,8-9,12H,2-5,7,10-11H2,1H3,(H3,16,18,19). The van der Waals surface area contributed by atoms with E-state index in [4.69, 9.17) is 10.5 Å². The van der Waals surface area contributed by atoms with Gasteiger partial charge in [-0.15, -0.1) is 0 Å². The SMILES string of the molecule is CCCCNC(N)=NCc1ccnc(OCC2CC2)c1. The first-order valence-corrected chi connectivity index (χ1v) is 7.39. The number of hydrogen-bond acceptors (Lipinski definition) is 3. The molecule has 0 aliphatic heterocycles. The maximum Gasteiger partial charge on any atom is 0.213 e. The molecule has 0 atom stereocenters. The van der Waals surface area contributed by atoms with Gasteiger partial charge in [0.25, 0.3) is 0 Å². The van der Waals surface area contributed by atoms with Crippen LogP contribution in [0.1, 0.15) is 38.2 Å². The topological polar surface area (TPSA) is 72.5 Å². The smallest absolute Gasteiger partial charge is 0.213 e. The summed E-state index contributed by atoms with van der Waals surface area (Å²) in [4.78, 5) is 8.52. The van der Waals surface area contributed by atoms with Crippen molar-refractivity contribution in [1.29, 1.82) is 0 Å². The summed E-state index contributed by atoms with van der Waals surface area (Å²) >= 11 is 0. The lowest BCUT2D eigenvalue weighted by atomic mass is 10.3. The Bertz CT molecular complexity index is 443. The first-order chi connectivity index (χ1) is 9.78. The third-order valence-corrected chi connectivity index (χ3v) is 3.23. The zero-order chi connectivity index (χ0) is 14.2. The third-order valence-electron chi connectivity index (χ3n) is 3.23. The van der Waals surface area contributed by atoms with Crippen molar-refractivity contribution in [3.05, 3.63) is 23.9 Å². The van der Waals surface area contributed by atoms with Gasteiger partial charge in [0.1, 0.15) is 0 Å². The molecule has 1 aliphatic carbocycles. The van der Waals surface area contributed by atoms with Gasteiger partial charge in [-0.25, -0.2) is 9.98 Å². The number of rotatable bonds is 8. The molecular formula is C15H24N4O. The van der Waals surface area contributed by atoms with E-state index in [1.807, 2.05) is 12.1 Å². The van der Waals surface area contributed by atoms with Crippen LogP contribution in [-0.2, 0) is 6.54 Å². The van der Waals surface area contributed by atoms with Gasteiger partial charge in [-0.3, -0.25) is 0 Å². The lowest BCUT2D eigenvalue weighted by Crippen LogP contribution is -2.32. The first-order valence-electron chi connectivity index (χ1n) is 7.39. The summed E-state index contributed by atoms with van der Waals surface area (Å²) in [6, 6.07) is 3.87. The molecule has 0 unspecified atom stereocenters. The molecular weight excluding hydrogens is 252 g/mol. The zero-order valence-corrected chi connectivity index (χ0v) is 12.1. The molecule has 0 spiro atoms. The number of aromatic nitrogens is 1. The number of unbranched alkanes of at least 4 members (excludes halogenated alkanes) is 1. The maximum absolute atomic E-state index is 5.80. The average molecular weight is 276 g/mol. The normalized spacial score (nSPS) is 15.2. The van der Waals surface area contributed by atoms with Crippen molar-refractivity contribution in [3.8, 4) is 5.88 Å². The molecule has 1 saturated carbocycles. The van der Waals surface area contributed by atoms with Crippen LogP contribution in [0.2, 0.25) is 0 Å². The van der Waals surface area contributed by atoms with Gasteiger partial charge < -0.3 is 15.8 Å². The minimum atomic E-state index is 0.496. The highest BCUT2D eigenvalue weighted by Gasteiger charge is 2.22. The van der Waals surface area contributed by atoms with Crippen LogP contribution in [0.3, 0.4) is 0 Å². The summed E-state index contributed by atoms with van der Waals surface area (Å²) in [5.41, 5.74) is 6.86. The van der Waals surface area contributed by atoms with Crippen LogP contribution in [0.5, 0.6) is 5.88 Å². The Morgan fingerprint density at radius 3 is 3.15 bits per heavy atom. The first kappa shape index (κ1) is 14.6. The highest BCUT2D eigenvalue weighted by Crippen LogP contribution is 2.29. The molecule has 1 fully saturated rings. The largest absolute Gasteiger partial charge is 0.477 e. The van der Waals surface area contributed by atoms with E-state index in [1.165, 1.54) is 12.8 Å². The maximum atomic E-state index is 5.80. The Morgan fingerprint density at radius 1 is 1.55 bits per heavy atom. The second kappa shape index (κ2) is 7.72. The summed E-state index contributed by atoms with van der Waals surface area (Å²) in [6.45, 7) is 4.35. The van der Waals surface area contributed by atoms with Crippen molar-refractivity contribution in [1.82, 2.24) is 10.3 Å². The molecule has 0 amide bonds. The lowest BCUT2D eigenvalue weighted by molar-refractivity contribution is 0.288. The van der Waals surface area contributed by atoms with Gasteiger partial charge in [0.05, 0.1) is 13.2 Å². The summed E-state index contributed by atoms with van der Waals surface area (Å²) in [7, 11) is 0. The molecule has 5 heteroatoms. The molecule has 1 aromatic heterocycles. The minimum absolute atomic E-state index is 0.496. The van der Waals surface area contributed by atoms with E-state index in [0.717, 1.165) is 37.5 Å². The minimum Gasteiger partial charge on any atom is -0.477 e. The molecule has 20 heavy (non-hydrogen) atoms. The fourth-order valence-corrected chi connectivity index (χ4v) is 1.74. The summed E-state index contributed by atoms with van der Waals surface area (Å²) in [5.74, 6) is 1.91. The van der Waals surface area contributed by atoms with Crippen LogP contribution in [0, 0.1) is 5.92 Å². The van der Waals surface area contributed by atoms with Gasteiger partial charge in [0.15, 0.2) is 5.96 Å². The Kier molecular flexibility index (Phi) is 5.65. The molecule has 110 valence electrons. The highest BCUT2D eigenvalue weighted by molar-refractivity contribution is 5.77. The molecule has 5 nitrogen and oxygen atoms in total. The molecule has 0 aromatic carbocycles. The average Bonchev–Trinajstić information content (AvgIpc) is 3.28. The Labute approximate surface area is 120 Å². The van der Waals surface area contributed by atoms with Crippen LogP contribution < -0.4 is 15.8 Å². The highest BCUT2D eigenvalue weighted by atomic mass is 16.5. The zero-order valence-electron chi connectivity index (χ0n) is 12.1. The number of pyridine rings is 1. The fraction of sp³-hybridized carbons (Fsp3) is 0.600. The van der Waals surface area contributed by atoms with E-state index in [2.05, 4.69) is 22.2 Å². The molecule has 1 aromatic rings. The molecule has 2 rings (SSSR count). The van der Waals surface area contributed by atoms with Gasteiger partial charge in [-0.05, 0) is 36.8 Å². The van der Waals surface area contributed by atoms with E-state index in [9.17, 15) is 0 Å². The van der Waals surface area contributed by atoms with Crippen molar-refractivity contribution >= 4 is 5.96 Å². The van der Waals surface area contributed by atoms with Crippen LogP contribution in [0.25, 0.3) is 0 Å². The predicted molar refractivity (Wildman–Crippen MR) is 80.7 cm³/mol. The lowest BCUT2D eigenvalue weighted by Gasteiger charge is -2.06. The van der Waals surface area contributed by atoms with Crippen LogP contribution in [0.4, 0.5) is 0 Å². The summed E-state index contributed by atoms with van der Waals surface area (Å²) < 4.78 is 5.65. The number of hydrogen-bond donors (Lipinski definition) is 2. The second-order valence-electron chi connectivity index (χ2n) is 5.24. The summed E-state index contributed by atoms with van der Waals surface area (Å²) in [6.07, 6.45) is 6.57. The summed E-state index contributed by atoms with van der Waals surface area (Å²) in [5, 5.41) is 3.10. The van der Waals surface area contributed by atoms with E-state index in [1.54, 1.807) is 6.20 Å². The molecule has 0 radical (unpaired) electrons. The van der Waals surface area contributed by atoms with Crippen molar-refractivity contribution in [2.75, 3.05) is 13.2 Å². The van der Waals surface area contributed by atoms with Crippen molar-refractivity contribution in [2.24, 2.45) is 16.6 Å². The predicted octanol–water partition coefficient (Wildman–Crippen LogP) is 2.07. The Hall–Kier alpha value is -1.78. The van der Waals surface area contributed by atoms with Gasteiger partial charge in [0.2, 0.25) is 5.88 Å². The number of nitrogens with zero attached hydrogens (tertiary/aromatic N) is 2. The quantitative estimate of drug-likeness (QED) is 0.433. The van der Waals surface area contributed by atoms with Gasteiger partial charge >= 0.3 is 0 Å². The van der Waals surface area contributed by atoms with Gasteiger partial charge in [-0.2, -0.15) is 0 Å².